The molecule has 7 heteroatoms. The van der Waals surface area contributed by atoms with E-state index in [-0.39, 0.29) is 12.1 Å². The smallest absolute Gasteiger partial charge is 0.326 e. The Labute approximate surface area is 141 Å². The second-order valence-corrected chi connectivity index (χ2v) is 6.42. The molecule has 1 aliphatic carbocycles. The van der Waals surface area contributed by atoms with Gasteiger partial charge in [-0.1, -0.05) is 30.3 Å². The van der Waals surface area contributed by atoms with Crippen LogP contribution in [0.4, 0.5) is 0 Å². The van der Waals surface area contributed by atoms with Crippen LogP contribution >= 0.6 is 15.9 Å². The lowest BCUT2D eigenvalue weighted by molar-refractivity contribution is -0.139. The van der Waals surface area contributed by atoms with E-state index in [1.165, 1.54) is 0 Å². The molecule has 1 saturated carbocycles. The van der Waals surface area contributed by atoms with Gasteiger partial charge in [-0.15, -0.1) is 0 Å². The molecule has 0 aliphatic heterocycles. The van der Waals surface area contributed by atoms with E-state index in [9.17, 15) is 14.7 Å². The van der Waals surface area contributed by atoms with Gasteiger partial charge in [0.25, 0.3) is 5.91 Å². The Morgan fingerprint density at radius 1 is 1.35 bits per heavy atom. The van der Waals surface area contributed by atoms with E-state index in [1.54, 1.807) is 0 Å². The molecule has 1 amide bonds. The van der Waals surface area contributed by atoms with E-state index < -0.39 is 17.9 Å². The summed E-state index contributed by atoms with van der Waals surface area (Å²) in [5, 5.41) is 18.8. The van der Waals surface area contributed by atoms with Crippen molar-refractivity contribution < 1.29 is 14.7 Å². The number of aromatic amines is 1. The molecule has 1 atom stereocenters. The third kappa shape index (κ3) is 3.61. The van der Waals surface area contributed by atoms with Crippen LogP contribution in [0.1, 0.15) is 40.5 Å². The van der Waals surface area contributed by atoms with Gasteiger partial charge in [-0.05, 0) is 34.3 Å². The maximum absolute atomic E-state index is 12.3. The first-order valence-corrected chi connectivity index (χ1v) is 8.17. The van der Waals surface area contributed by atoms with Crippen LogP contribution in [0.15, 0.2) is 34.8 Å². The van der Waals surface area contributed by atoms with E-state index in [2.05, 4.69) is 31.4 Å². The van der Waals surface area contributed by atoms with Crippen LogP contribution in [0.2, 0.25) is 0 Å². The topological polar surface area (TPSA) is 95.1 Å². The van der Waals surface area contributed by atoms with Crippen LogP contribution in [0, 0.1) is 0 Å². The minimum absolute atomic E-state index is 0.200. The number of benzene rings is 1. The lowest BCUT2D eigenvalue weighted by atomic mass is 10.1. The highest BCUT2D eigenvalue weighted by Gasteiger charge is 2.31. The third-order valence-electron chi connectivity index (χ3n) is 3.82. The largest absolute Gasteiger partial charge is 0.480 e. The molecule has 3 N–H and O–H groups in total. The zero-order valence-corrected chi connectivity index (χ0v) is 13.8. The molecule has 1 aliphatic rings. The summed E-state index contributed by atoms with van der Waals surface area (Å²) in [6.07, 6.45) is 2.38. The molecule has 0 saturated heterocycles. The summed E-state index contributed by atoms with van der Waals surface area (Å²) >= 11 is 3.38. The fraction of sp³-hybridized carbons (Fsp3) is 0.312. The predicted molar refractivity (Wildman–Crippen MR) is 87.3 cm³/mol. The molecule has 1 aromatic heterocycles. The minimum atomic E-state index is -1.07. The molecule has 0 bridgehead atoms. The van der Waals surface area contributed by atoms with E-state index in [4.69, 9.17) is 0 Å². The molecular formula is C16H16BrN3O3. The average molecular weight is 378 g/mol. The molecule has 1 heterocycles. The molecule has 3 rings (SSSR count). The van der Waals surface area contributed by atoms with E-state index in [0.717, 1.165) is 24.1 Å². The van der Waals surface area contributed by atoms with Gasteiger partial charge in [0, 0.05) is 12.3 Å². The number of nitrogens with zero attached hydrogens (tertiary/aromatic N) is 1. The molecule has 23 heavy (non-hydrogen) atoms. The normalized spacial score (nSPS) is 15.2. The number of carbonyl (C=O) groups excluding carboxylic acids is 1. The Morgan fingerprint density at radius 2 is 2.04 bits per heavy atom. The lowest BCUT2D eigenvalue weighted by Gasteiger charge is -2.14. The van der Waals surface area contributed by atoms with Gasteiger partial charge in [0.1, 0.15) is 6.04 Å². The summed E-state index contributed by atoms with van der Waals surface area (Å²) < 4.78 is 0.626. The van der Waals surface area contributed by atoms with E-state index in [1.807, 2.05) is 30.3 Å². The fourth-order valence-electron chi connectivity index (χ4n) is 2.41. The average Bonchev–Trinajstić information content (AvgIpc) is 3.30. The maximum Gasteiger partial charge on any atom is 0.326 e. The van der Waals surface area contributed by atoms with Crippen LogP contribution in [-0.2, 0) is 11.2 Å². The number of hydrogen-bond donors (Lipinski definition) is 3. The number of amides is 1. The van der Waals surface area contributed by atoms with Crippen molar-refractivity contribution in [3.05, 3.63) is 51.8 Å². The number of carboxylic acids is 1. The molecular weight excluding hydrogens is 362 g/mol. The molecule has 1 unspecified atom stereocenters. The minimum Gasteiger partial charge on any atom is -0.480 e. The van der Waals surface area contributed by atoms with Gasteiger partial charge in [-0.2, -0.15) is 5.10 Å². The maximum atomic E-state index is 12.3. The number of halogens is 1. The van der Waals surface area contributed by atoms with Crippen LogP contribution < -0.4 is 5.32 Å². The number of aromatic nitrogens is 2. The first kappa shape index (κ1) is 15.7. The molecule has 2 aromatic rings. The van der Waals surface area contributed by atoms with Crippen molar-refractivity contribution in [2.24, 2.45) is 0 Å². The van der Waals surface area contributed by atoms with E-state index >= 15 is 0 Å². The van der Waals surface area contributed by atoms with Crippen molar-refractivity contribution in [1.29, 1.82) is 0 Å². The quantitative estimate of drug-likeness (QED) is 0.720. The second-order valence-electron chi connectivity index (χ2n) is 5.63. The van der Waals surface area contributed by atoms with Crippen molar-refractivity contribution in [1.82, 2.24) is 15.5 Å². The van der Waals surface area contributed by atoms with Crippen LogP contribution in [0.5, 0.6) is 0 Å². The van der Waals surface area contributed by atoms with Crippen molar-refractivity contribution in [2.45, 2.75) is 31.2 Å². The second kappa shape index (κ2) is 6.54. The highest BCUT2D eigenvalue weighted by atomic mass is 79.9. The van der Waals surface area contributed by atoms with Crippen molar-refractivity contribution in [3.8, 4) is 0 Å². The van der Waals surface area contributed by atoms with E-state index in [0.29, 0.717) is 10.4 Å². The Bertz CT molecular complexity index is 725. The first-order chi connectivity index (χ1) is 11.1. The number of carboxylic acid groups (broad SMARTS) is 1. The SMILES string of the molecule is O=C(NC(Cc1ccccc1)C(=O)O)c1n[nH]c(C2CC2)c1Br. The predicted octanol–water partition coefficient (Wildman–Crippen LogP) is 2.48. The number of nitrogens with one attached hydrogen (secondary N) is 2. The van der Waals surface area contributed by atoms with Gasteiger partial charge >= 0.3 is 5.97 Å². The summed E-state index contributed by atoms with van der Waals surface area (Å²) in [6.45, 7) is 0. The van der Waals surface area contributed by atoms with Crippen molar-refractivity contribution in [2.75, 3.05) is 0 Å². The highest BCUT2D eigenvalue weighted by Crippen LogP contribution is 2.42. The number of carbonyl (C=O) groups is 2. The van der Waals surface area contributed by atoms with Crippen LogP contribution in [0.3, 0.4) is 0 Å². The molecule has 6 nitrogen and oxygen atoms in total. The van der Waals surface area contributed by atoms with Crippen molar-refractivity contribution in [3.63, 3.8) is 0 Å². The first-order valence-electron chi connectivity index (χ1n) is 7.37. The summed E-state index contributed by atoms with van der Waals surface area (Å²) in [5.41, 5.74) is 1.95. The Balaban J connectivity index is 1.72. The zero-order chi connectivity index (χ0) is 16.4. The van der Waals surface area contributed by atoms with Gasteiger partial charge in [0.2, 0.25) is 0 Å². The Hall–Kier alpha value is -2.15. The number of rotatable bonds is 6. The number of H-pyrrole nitrogens is 1. The molecule has 120 valence electrons. The summed E-state index contributed by atoms with van der Waals surface area (Å²) in [7, 11) is 0. The van der Waals surface area contributed by atoms with Gasteiger partial charge in [-0.3, -0.25) is 9.89 Å². The lowest BCUT2D eigenvalue weighted by Crippen LogP contribution is -2.42. The van der Waals surface area contributed by atoms with Crippen LogP contribution in [0.25, 0.3) is 0 Å². The summed E-state index contributed by atoms with van der Waals surface area (Å²) in [5.74, 6) is -1.15. The van der Waals surface area contributed by atoms with Crippen molar-refractivity contribution >= 4 is 27.8 Å². The molecule has 1 fully saturated rings. The molecule has 0 spiro atoms. The molecule has 1 aromatic carbocycles. The van der Waals surface area contributed by atoms with Gasteiger partial charge in [0.15, 0.2) is 5.69 Å². The Kier molecular flexibility index (Phi) is 4.47. The zero-order valence-electron chi connectivity index (χ0n) is 12.3. The Morgan fingerprint density at radius 3 is 2.65 bits per heavy atom. The van der Waals surface area contributed by atoms with Gasteiger partial charge in [-0.25, -0.2) is 4.79 Å². The third-order valence-corrected chi connectivity index (χ3v) is 4.62. The number of aliphatic carboxylic acids is 1. The van der Waals surface area contributed by atoms with Crippen LogP contribution in [-0.4, -0.2) is 33.2 Å². The standard InChI is InChI=1S/C16H16BrN3O3/c17-12-13(10-6-7-10)19-20-14(12)15(21)18-11(16(22)23)8-9-4-2-1-3-5-9/h1-5,10-11H,6-8H2,(H,18,21)(H,19,20)(H,22,23). The monoisotopic (exact) mass is 377 g/mol. The highest BCUT2D eigenvalue weighted by molar-refractivity contribution is 9.10. The summed E-state index contributed by atoms with van der Waals surface area (Å²) in [6, 6.07) is 8.19. The van der Waals surface area contributed by atoms with Gasteiger partial charge in [0.05, 0.1) is 10.2 Å². The molecule has 0 radical (unpaired) electrons. The number of hydrogen-bond acceptors (Lipinski definition) is 3. The fourth-order valence-corrected chi connectivity index (χ4v) is 3.09. The van der Waals surface area contributed by atoms with Gasteiger partial charge < -0.3 is 10.4 Å². The summed E-state index contributed by atoms with van der Waals surface area (Å²) in [4.78, 5) is 23.8.